The van der Waals surface area contributed by atoms with Crippen LogP contribution < -0.4 is 5.56 Å². The summed E-state index contributed by atoms with van der Waals surface area (Å²) >= 11 is 9.43. The van der Waals surface area contributed by atoms with Crippen molar-refractivity contribution in [1.82, 2.24) is 9.66 Å². The molecule has 1 fully saturated rings. The van der Waals surface area contributed by atoms with Gasteiger partial charge in [-0.05, 0) is 67.4 Å². The standard InChI is InChI=1S/C25H21BrClN3O2/c26-18-8-12-22-21(14-18)25(31)30(24(29-22)17-4-2-1-3-5-17)28-15-20-11-13-23(32-20)16-6-9-19(27)10-7-16/h6-15,17H,1-5H2. The SMILES string of the molecule is O=c1c2cc(Br)ccc2nc(C2CCCCC2)n1N=Cc1ccc(-c2ccc(Cl)cc2)o1. The molecule has 0 spiro atoms. The van der Waals surface area contributed by atoms with Crippen LogP contribution in [0, 0.1) is 0 Å². The zero-order valence-corrected chi connectivity index (χ0v) is 19.6. The highest BCUT2D eigenvalue weighted by Gasteiger charge is 2.22. The largest absolute Gasteiger partial charge is 0.455 e. The summed E-state index contributed by atoms with van der Waals surface area (Å²) in [6.45, 7) is 0. The van der Waals surface area contributed by atoms with Gasteiger partial charge in [-0.2, -0.15) is 9.78 Å². The fraction of sp³-hybridized carbons (Fsp3) is 0.240. The Labute approximate surface area is 198 Å². The highest BCUT2D eigenvalue weighted by Crippen LogP contribution is 2.32. The molecule has 1 saturated carbocycles. The molecule has 4 aromatic rings. The van der Waals surface area contributed by atoms with Crippen molar-refractivity contribution in [3.05, 3.63) is 86.0 Å². The van der Waals surface area contributed by atoms with E-state index in [0.29, 0.717) is 27.4 Å². The van der Waals surface area contributed by atoms with Crippen LogP contribution in [0.2, 0.25) is 5.02 Å². The molecule has 5 rings (SSSR count). The zero-order valence-electron chi connectivity index (χ0n) is 17.3. The van der Waals surface area contributed by atoms with E-state index in [-0.39, 0.29) is 11.5 Å². The first kappa shape index (κ1) is 21.2. The minimum Gasteiger partial charge on any atom is -0.455 e. The predicted octanol–water partition coefficient (Wildman–Crippen LogP) is 7.00. The Morgan fingerprint density at radius 3 is 2.62 bits per heavy atom. The monoisotopic (exact) mass is 509 g/mol. The average Bonchev–Trinajstić information content (AvgIpc) is 3.29. The Kier molecular flexibility index (Phi) is 5.98. The minimum absolute atomic E-state index is 0.169. The highest BCUT2D eigenvalue weighted by molar-refractivity contribution is 9.10. The fourth-order valence-corrected chi connectivity index (χ4v) is 4.70. The molecule has 2 heterocycles. The van der Waals surface area contributed by atoms with E-state index < -0.39 is 0 Å². The number of fused-ring (bicyclic) bond motifs is 1. The van der Waals surface area contributed by atoms with Gasteiger partial charge in [0.15, 0.2) is 0 Å². The van der Waals surface area contributed by atoms with Gasteiger partial charge in [-0.3, -0.25) is 4.79 Å². The van der Waals surface area contributed by atoms with Crippen LogP contribution in [0.3, 0.4) is 0 Å². The summed E-state index contributed by atoms with van der Waals surface area (Å²) in [6, 6.07) is 16.8. The Bertz CT molecular complexity index is 1350. The fourth-order valence-electron chi connectivity index (χ4n) is 4.21. The van der Waals surface area contributed by atoms with Gasteiger partial charge in [0.25, 0.3) is 5.56 Å². The van der Waals surface area contributed by atoms with Gasteiger partial charge in [0.2, 0.25) is 0 Å². The van der Waals surface area contributed by atoms with E-state index in [1.165, 1.54) is 11.1 Å². The molecule has 32 heavy (non-hydrogen) atoms. The number of aromatic nitrogens is 2. The lowest BCUT2D eigenvalue weighted by Gasteiger charge is -2.22. The molecular formula is C25H21BrClN3O2. The number of benzene rings is 2. The lowest BCUT2D eigenvalue weighted by molar-refractivity contribution is 0.416. The number of furan rings is 1. The average molecular weight is 511 g/mol. The second-order valence-electron chi connectivity index (χ2n) is 8.04. The first-order chi connectivity index (χ1) is 15.6. The lowest BCUT2D eigenvalue weighted by atomic mass is 9.88. The van der Waals surface area contributed by atoms with E-state index in [4.69, 9.17) is 21.0 Å². The van der Waals surface area contributed by atoms with Crippen LogP contribution in [-0.4, -0.2) is 15.9 Å². The minimum atomic E-state index is -0.169. The van der Waals surface area contributed by atoms with Crippen molar-refractivity contribution >= 4 is 44.6 Å². The number of halogens is 2. The molecule has 2 aromatic carbocycles. The van der Waals surface area contributed by atoms with Crippen molar-refractivity contribution < 1.29 is 4.42 Å². The molecule has 0 aliphatic heterocycles. The highest BCUT2D eigenvalue weighted by atomic mass is 79.9. The number of nitrogens with zero attached hydrogens (tertiary/aromatic N) is 3. The molecule has 0 amide bonds. The van der Waals surface area contributed by atoms with Crippen LogP contribution in [-0.2, 0) is 0 Å². The van der Waals surface area contributed by atoms with Gasteiger partial charge in [0, 0.05) is 21.0 Å². The quantitative estimate of drug-likeness (QED) is 0.278. The van der Waals surface area contributed by atoms with Gasteiger partial charge < -0.3 is 4.42 Å². The molecule has 0 N–H and O–H groups in total. The molecule has 5 nitrogen and oxygen atoms in total. The van der Waals surface area contributed by atoms with E-state index in [1.54, 1.807) is 12.3 Å². The zero-order chi connectivity index (χ0) is 22.1. The van der Waals surface area contributed by atoms with E-state index in [9.17, 15) is 4.79 Å². The van der Waals surface area contributed by atoms with Crippen molar-refractivity contribution in [1.29, 1.82) is 0 Å². The van der Waals surface area contributed by atoms with Crippen molar-refractivity contribution in [2.75, 3.05) is 0 Å². The normalized spacial score (nSPS) is 15.1. The van der Waals surface area contributed by atoms with Crippen molar-refractivity contribution in [3.8, 4) is 11.3 Å². The Morgan fingerprint density at radius 2 is 1.84 bits per heavy atom. The van der Waals surface area contributed by atoms with Crippen LogP contribution >= 0.6 is 27.5 Å². The Hall–Kier alpha value is -2.70. The lowest BCUT2D eigenvalue weighted by Crippen LogP contribution is -2.25. The Balaban J connectivity index is 1.55. The van der Waals surface area contributed by atoms with E-state index in [0.717, 1.165) is 41.5 Å². The van der Waals surface area contributed by atoms with Crippen molar-refractivity contribution in [2.45, 2.75) is 38.0 Å². The molecule has 162 valence electrons. The molecule has 7 heteroatoms. The maximum atomic E-state index is 13.4. The second-order valence-corrected chi connectivity index (χ2v) is 9.39. The van der Waals surface area contributed by atoms with Gasteiger partial charge in [-0.25, -0.2) is 4.98 Å². The van der Waals surface area contributed by atoms with Crippen LogP contribution in [0.1, 0.15) is 49.6 Å². The maximum absolute atomic E-state index is 13.4. The van der Waals surface area contributed by atoms with Gasteiger partial charge in [0.05, 0.1) is 17.1 Å². The van der Waals surface area contributed by atoms with Gasteiger partial charge in [0.1, 0.15) is 17.3 Å². The van der Waals surface area contributed by atoms with E-state index in [2.05, 4.69) is 21.0 Å². The molecule has 0 saturated heterocycles. The third-order valence-corrected chi connectivity index (χ3v) is 6.60. The number of rotatable bonds is 4. The molecule has 0 atom stereocenters. The Morgan fingerprint density at radius 1 is 1.06 bits per heavy atom. The molecule has 1 aliphatic rings. The van der Waals surface area contributed by atoms with E-state index >= 15 is 0 Å². The summed E-state index contributed by atoms with van der Waals surface area (Å²) < 4.78 is 8.22. The topological polar surface area (TPSA) is 60.4 Å². The predicted molar refractivity (Wildman–Crippen MR) is 132 cm³/mol. The second kappa shape index (κ2) is 9.04. The summed E-state index contributed by atoms with van der Waals surface area (Å²) in [5.41, 5.74) is 1.46. The van der Waals surface area contributed by atoms with Gasteiger partial charge in [-0.1, -0.05) is 46.8 Å². The summed E-state index contributed by atoms with van der Waals surface area (Å²) in [5, 5.41) is 5.75. The van der Waals surface area contributed by atoms with Crippen LogP contribution in [0.15, 0.2) is 73.4 Å². The third-order valence-electron chi connectivity index (χ3n) is 5.86. The number of hydrogen-bond acceptors (Lipinski definition) is 4. The number of hydrogen-bond donors (Lipinski definition) is 0. The maximum Gasteiger partial charge on any atom is 0.282 e. The van der Waals surface area contributed by atoms with Crippen LogP contribution in [0.5, 0.6) is 0 Å². The molecule has 1 aliphatic carbocycles. The third kappa shape index (κ3) is 4.30. The molecule has 2 aromatic heterocycles. The molecular weight excluding hydrogens is 490 g/mol. The smallest absolute Gasteiger partial charge is 0.282 e. The molecule has 0 unspecified atom stereocenters. The van der Waals surface area contributed by atoms with Crippen molar-refractivity contribution in [3.63, 3.8) is 0 Å². The van der Waals surface area contributed by atoms with Crippen LogP contribution in [0.4, 0.5) is 0 Å². The van der Waals surface area contributed by atoms with Crippen LogP contribution in [0.25, 0.3) is 22.2 Å². The summed E-state index contributed by atoms with van der Waals surface area (Å²) in [7, 11) is 0. The van der Waals surface area contributed by atoms with Gasteiger partial charge in [-0.15, -0.1) is 0 Å². The summed E-state index contributed by atoms with van der Waals surface area (Å²) in [6.07, 6.45) is 7.14. The first-order valence-corrected chi connectivity index (χ1v) is 11.9. The van der Waals surface area contributed by atoms with Crippen molar-refractivity contribution in [2.24, 2.45) is 5.10 Å². The van der Waals surface area contributed by atoms with Gasteiger partial charge >= 0.3 is 0 Å². The molecule has 0 radical (unpaired) electrons. The summed E-state index contributed by atoms with van der Waals surface area (Å²) in [5.74, 6) is 2.22. The van der Waals surface area contributed by atoms with E-state index in [1.807, 2.05) is 48.5 Å². The first-order valence-electron chi connectivity index (χ1n) is 10.7. The summed E-state index contributed by atoms with van der Waals surface area (Å²) in [4.78, 5) is 18.2. The molecule has 0 bridgehead atoms.